The lowest BCUT2D eigenvalue weighted by molar-refractivity contribution is 0.301. The Morgan fingerprint density at radius 2 is 2.05 bits per heavy atom. The van der Waals surface area contributed by atoms with Crippen molar-refractivity contribution >= 4 is 33.0 Å². The lowest BCUT2D eigenvalue weighted by Crippen LogP contribution is -2.27. The van der Waals surface area contributed by atoms with Crippen LogP contribution in [0.2, 0.25) is 5.02 Å². The van der Waals surface area contributed by atoms with Gasteiger partial charge in [0.1, 0.15) is 0 Å². The zero-order chi connectivity index (χ0) is 15.5. The van der Waals surface area contributed by atoms with Crippen molar-refractivity contribution in [1.82, 2.24) is 14.6 Å². The van der Waals surface area contributed by atoms with Crippen molar-refractivity contribution in [1.29, 1.82) is 0 Å². The molecule has 0 fully saturated rings. The topological polar surface area (TPSA) is 53.7 Å². The molecular weight excluding hydrogens is 320 g/mol. The molecule has 0 radical (unpaired) electrons. The third kappa shape index (κ3) is 3.09. The molecule has 22 heavy (non-hydrogen) atoms. The first-order valence-electron chi connectivity index (χ1n) is 7.19. The van der Waals surface area contributed by atoms with Gasteiger partial charge in [-0.2, -0.15) is 0 Å². The van der Waals surface area contributed by atoms with E-state index in [0.29, 0.717) is 11.6 Å². The lowest BCUT2D eigenvalue weighted by Gasteiger charge is -2.18. The SMILES string of the molecule is CCCN(CCO)c1nn2cc(-c3ccc(Cl)cc3)nc2s1. The van der Waals surface area contributed by atoms with E-state index in [4.69, 9.17) is 16.7 Å². The summed E-state index contributed by atoms with van der Waals surface area (Å²) in [5.74, 6) is 0. The molecule has 1 N–H and O–H groups in total. The summed E-state index contributed by atoms with van der Waals surface area (Å²) in [5, 5.41) is 15.3. The minimum atomic E-state index is 0.123. The average Bonchev–Trinajstić information content (AvgIpc) is 3.06. The zero-order valence-electron chi connectivity index (χ0n) is 12.2. The fraction of sp³-hybridized carbons (Fsp3) is 0.333. The van der Waals surface area contributed by atoms with E-state index in [1.54, 1.807) is 4.52 Å². The van der Waals surface area contributed by atoms with Crippen molar-refractivity contribution in [2.24, 2.45) is 0 Å². The molecule has 0 atom stereocenters. The summed E-state index contributed by atoms with van der Waals surface area (Å²) in [7, 11) is 0. The third-order valence-electron chi connectivity index (χ3n) is 3.31. The summed E-state index contributed by atoms with van der Waals surface area (Å²) in [4.78, 5) is 7.55. The van der Waals surface area contributed by atoms with Gasteiger partial charge in [-0.25, -0.2) is 9.50 Å². The Kier molecular flexibility index (Phi) is 4.61. The number of anilines is 1. The van der Waals surface area contributed by atoms with Crippen LogP contribution in [0.3, 0.4) is 0 Å². The quantitative estimate of drug-likeness (QED) is 0.750. The van der Waals surface area contributed by atoms with Gasteiger partial charge in [0.15, 0.2) is 0 Å². The number of fused-ring (bicyclic) bond motifs is 1. The molecule has 0 saturated carbocycles. The van der Waals surface area contributed by atoms with Crippen LogP contribution in [0.4, 0.5) is 5.13 Å². The van der Waals surface area contributed by atoms with E-state index in [-0.39, 0.29) is 6.61 Å². The maximum Gasteiger partial charge on any atom is 0.214 e. The van der Waals surface area contributed by atoms with Gasteiger partial charge in [0.2, 0.25) is 10.1 Å². The largest absolute Gasteiger partial charge is 0.395 e. The first-order chi connectivity index (χ1) is 10.7. The van der Waals surface area contributed by atoms with Crippen molar-refractivity contribution in [3.8, 4) is 11.3 Å². The van der Waals surface area contributed by atoms with E-state index in [2.05, 4.69) is 21.9 Å². The van der Waals surface area contributed by atoms with Crippen LogP contribution >= 0.6 is 22.9 Å². The summed E-state index contributed by atoms with van der Waals surface area (Å²) in [6.07, 6.45) is 2.93. The van der Waals surface area contributed by atoms with Crippen molar-refractivity contribution in [2.45, 2.75) is 13.3 Å². The summed E-state index contributed by atoms with van der Waals surface area (Å²) >= 11 is 7.44. The molecule has 0 saturated heterocycles. The van der Waals surface area contributed by atoms with Crippen molar-refractivity contribution < 1.29 is 5.11 Å². The van der Waals surface area contributed by atoms with Crippen LogP contribution in [0.5, 0.6) is 0 Å². The van der Waals surface area contributed by atoms with Gasteiger partial charge in [-0.1, -0.05) is 42.0 Å². The third-order valence-corrected chi connectivity index (χ3v) is 4.54. The van der Waals surface area contributed by atoms with Crippen LogP contribution in [-0.2, 0) is 0 Å². The fourth-order valence-corrected chi connectivity index (χ4v) is 3.33. The Bertz CT molecular complexity index is 715. The van der Waals surface area contributed by atoms with Crippen molar-refractivity contribution in [3.63, 3.8) is 0 Å². The molecule has 3 aromatic rings. The molecule has 0 aliphatic carbocycles. The van der Waals surface area contributed by atoms with Crippen molar-refractivity contribution in [3.05, 3.63) is 35.5 Å². The number of rotatable bonds is 6. The van der Waals surface area contributed by atoms with Gasteiger partial charge in [-0.3, -0.25) is 0 Å². The Hall–Kier alpha value is -1.63. The molecule has 0 bridgehead atoms. The van der Waals surface area contributed by atoms with Crippen LogP contribution in [0.1, 0.15) is 13.3 Å². The Balaban J connectivity index is 1.89. The smallest absolute Gasteiger partial charge is 0.214 e. The molecule has 7 heteroatoms. The summed E-state index contributed by atoms with van der Waals surface area (Å²) in [5.41, 5.74) is 1.90. The Morgan fingerprint density at radius 1 is 1.27 bits per heavy atom. The highest BCUT2D eigenvalue weighted by Gasteiger charge is 2.14. The monoisotopic (exact) mass is 336 g/mol. The number of hydrogen-bond donors (Lipinski definition) is 1. The first kappa shape index (κ1) is 15.3. The summed E-state index contributed by atoms with van der Waals surface area (Å²) < 4.78 is 1.80. The molecule has 116 valence electrons. The van der Waals surface area contributed by atoms with E-state index in [1.165, 1.54) is 11.3 Å². The molecular formula is C15H17ClN4OS. The van der Waals surface area contributed by atoms with E-state index in [1.807, 2.05) is 30.5 Å². The second-order valence-electron chi connectivity index (χ2n) is 4.96. The van der Waals surface area contributed by atoms with Crippen LogP contribution in [-0.4, -0.2) is 39.4 Å². The first-order valence-corrected chi connectivity index (χ1v) is 8.38. The number of aliphatic hydroxyl groups is 1. The molecule has 0 aliphatic heterocycles. The number of hydrogen-bond acceptors (Lipinski definition) is 5. The summed E-state index contributed by atoms with van der Waals surface area (Å²) in [6.45, 7) is 3.70. The maximum absolute atomic E-state index is 9.17. The molecule has 0 spiro atoms. The highest BCUT2D eigenvalue weighted by molar-refractivity contribution is 7.20. The number of imidazole rings is 1. The predicted molar refractivity (Wildman–Crippen MR) is 90.9 cm³/mol. The van der Waals surface area contributed by atoms with Gasteiger partial charge in [-0.05, 0) is 18.6 Å². The zero-order valence-corrected chi connectivity index (χ0v) is 13.8. The van der Waals surface area contributed by atoms with E-state index in [9.17, 15) is 0 Å². The van der Waals surface area contributed by atoms with Crippen LogP contribution in [0.15, 0.2) is 30.5 Å². The fourth-order valence-electron chi connectivity index (χ4n) is 2.27. The molecule has 5 nitrogen and oxygen atoms in total. The highest BCUT2D eigenvalue weighted by Crippen LogP contribution is 2.27. The highest BCUT2D eigenvalue weighted by atomic mass is 35.5. The maximum atomic E-state index is 9.17. The van der Waals surface area contributed by atoms with E-state index >= 15 is 0 Å². The number of nitrogens with zero attached hydrogens (tertiary/aromatic N) is 4. The lowest BCUT2D eigenvalue weighted by atomic mass is 10.2. The van der Waals surface area contributed by atoms with Crippen LogP contribution < -0.4 is 4.90 Å². The average molecular weight is 337 g/mol. The van der Waals surface area contributed by atoms with Crippen LogP contribution in [0, 0.1) is 0 Å². The molecule has 2 heterocycles. The summed E-state index contributed by atoms with van der Waals surface area (Å²) in [6, 6.07) is 7.61. The number of benzene rings is 1. The van der Waals surface area contributed by atoms with Gasteiger partial charge in [0.25, 0.3) is 0 Å². The minimum Gasteiger partial charge on any atom is -0.395 e. The number of halogens is 1. The second-order valence-corrected chi connectivity index (χ2v) is 6.33. The Morgan fingerprint density at radius 3 is 2.68 bits per heavy atom. The second kappa shape index (κ2) is 6.64. The Labute approximate surface area is 137 Å². The standard InChI is InChI=1S/C15H17ClN4OS/c1-2-7-19(8-9-21)15-18-20-10-13(17-14(20)22-15)11-3-5-12(16)6-4-11/h3-6,10,21H,2,7-9H2,1H3. The van der Waals surface area contributed by atoms with E-state index in [0.717, 1.165) is 34.3 Å². The normalized spacial score (nSPS) is 11.2. The number of aromatic nitrogens is 3. The van der Waals surface area contributed by atoms with E-state index < -0.39 is 0 Å². The van der Waals surface area contributed by atoms with Crippen LogP contribution in [0.25, 0.3) is 16.2 Å². The molecule has 1 aromatic carbocycles. The van der Waals surface area contributed by atoms with Crippen molar-refractivity contribution in [2.75, 3.05) is 24.6 Å². The molecule has 2 aromatic heterocycles. The number of aliphatic hydroxyl groups excluding tert-OH is 1. The molecule has 0 aliphatic rings. The van der Waals surface area contributed by atoms with Gasteiger partial charge < -0.3 is 10.0 Å². The predicted octanol–water partition coefficient (Wildman–Crippen LogP) is 3.32. The molecule has 0 unspecified atom stereocenters. The van der Waals surface area contributed by atoms with Gasteiger partial charge in [-0.15, -0.1) is 5.10 Å². The van der Waals surface area contributed by atoms with Gasteiger partial charge in [0, 0.05) is 23.7 Å². The minimum absolute atomic E-state index is 0.123. The molecule has 0 amide bonds. The van der Waals surface area contributed by atoms with Gasteiger partial charge >= 0.3 is 0 Å². The van der Waals surface area contributed by atoms with Gasteiger partial charge in [0.05, 0.1) is 18.5 Å². The molecule has 3 rings (SSSR count).